The Labute approximate surface area is 130 Å². The van der Waals surface area contributed by atoms with E-state index in [-0.39, 0.29) is 11.3 Å². The van der Waals surface area contributed by atoms with Crippen LogP contribution in [-0.2, 0) is 6.42 Å². The van der Waals surface area contributed by atoms with Gasteiger partial charge in [0.1, 0.15) is 11.5 Å². The summed E-state index contributed by atoms with van der Waals surface area (Å²) in [5, 5.41) is 10.2. The molecule has 0 fully saturated rings. The summed E-state index contributed by atoms with van der Waals surface area (Å²) in [5.41, 5.74) is 3.20. The molecule has 0 saturated carbocycles. The van der Waals surface area contributed by atoms with Crippen LogP contribution in [0.5, 0.6) is 11.5 Å². The zero-order valence-corrected chi connectivity index (χ0v) is 13.7. The number of hydrogen-bond donors (Lipinski definition) is 2. The first-order chi connectivity index (χ1) is 10.4. The maximum atomic E-state index is 12.0. The number of nitrogens with one attached hydrogen (secondary N) is 1. The summed E-state index contributed by atoms with van der Waals surface area (Å²) in [6.07, 6.45) is 0.622. The number of H-pyrrole nitrogens is 1. The topological polar surface area (TPSA) is 65.6 Å². The molecule has 5 nitrogen and oxygen atoms in total. The lowest BCUT2D eigenvalue weighted by molar-refractivity contribution is 0.415. The first-order valence-electron chi connectivity index (χ1n) is 7.21. The predicted octanol–water partition coefficient (Wildman–Crippen LogP) is 2.69. The van der Waals surface area contributed by atoms with Crippen molar-refractivity contribution in [2.45, 2.75) is 20.3 Å². The number of hydrogen-bond acceptors (Lipinski definition) is 4. The molecular weight excluding hydrogens is 280 g/mol. The highest BCUT2D eigenvalue weighted by molar-refractivity contribution is 5.72. The van der Waals surface area contributed by atoms with E-state index in [1.807, 2.05) is 44.1 Å². The lowest BCUT2D eigenvalue weighted by atomic mass is 10.0. The maximum Gasteiger partial charge on any atom is 0.255 e. The van der Waals surface area contributed by atoms with Crippen LogP contribution >= 0.6 is 0 Å². The number of rotatable bonds is 4. The van der Waals surface area contributed by atoms with Gasteiger partial charge in [-0.25, -0.2) is 0 Å². The summed E-state index contributed by atoms with van der Waals surface area (Å²) in [6, 6.07) is 5.72. The first-order valence-corrected chi connectivity index (χ1v) is 7.21. The van der Waals surface area contributed by atoms with E-state index >= 15 is 0 Å². The van der Waals surface area contributed by atoms with Crippen LogP contribution in [0.15, 0.2) is 23.0 Å². The Bertz CT molecular complexity index is 748. The largest absolute Gasteiger partial charge is 0.507 e. The number of nitrogens with zero attached hydrogens (tertiary/aromatic N) is 1. The highest BCUT2D eigenvalue weighted by atomic mass is 16.5. The minimum Gasteiger partial charge on any atom is -0.507 e. The first kappa shape index (κ1) is 15.9. The summed E-state index contributed by atoms with van der Waals surface area (Å²) >= 11 is 0. The van der Waals surface area contributed by atoms with Crippen LogP contribution in [0.3, 0.4) is 0 Å². The molecule has 2 rings (SSSR count). The standard InChI is InChI=1S/C17H22N2O3/c1-6-12-15(18-17(21)10(2)16(12)20)11-7-8-13(19(3)4)14(9-11)22-5/h7-9H,6H2,1-5H3,(H2,18,20,21). The van der Waals surface area contributed by atoms with E-state index in [1.165, 1.54) is 0 Å². The molecule has 118 valence electrons. The van der Waals surface area contributed by atoms with Crippen LogP contribution < -0.4 is 15.2 Å². The van der Waals surface area contributed by atoms with Gasteiger partial charge < -0.3 is 19.7 Å². The lowest BCUT2D eigenvalue weighted by Gasteiger charge is -2.18. The fraction of sp³-hybridized carbons (Fsp3) is 0.353. The fourth-order valence-corrected chi connectivity index (χ4v) is 2.53. The molecule has 2 aromatic rings. The third-order valence-corrected chi connectivity index (χ3v) is 3.83. The second kappa shape index (κ2) is 6.13. The molecule has 0 aliphatic heterocycles. The Morgan fingerprint density at radius 2 is 2.00 bits per heavy atom. The van der Waals surface area contributed by atoms with Crippen LogP contribution in [0.1, 0.15) is 18.1 Å². The average molecular weight is 302 g/mol. The summed E-state index contributed by atoms with van der Waals surface area (Å²) in [7, 11) is 5.49. The molecule has 0 amide bonds. The number of ether oxygens (including phenoxy) is 1. The highest BCUT2D eigenvalue weighted by Crippen LogP contribution is 2.35. The van der Waals surface area contributed by atoms with Crippen molar-refractivity contribution in [3.63, 3.8) is 0 Å². The van der Waals surface area contributed by atoms with Gasteiger partial charge in [0.25, 0.3) is 5.56 Å². The van der Waals surface area contributed by atoms with Crippen molar-refractivity contribution in [1.82, 2.24) is 4.98 Å². The highest BCUT2D eigenvalue weighted by Gasteiger charge is 2.16. The van der Waals surface area contributed by atoms with E-state index in [0.717, 1.165) is 16.8 Å². The van der Waals surface area contributed by atoms with Gasteiger partial charge in [-0.05, 0) is 25.5 Å². The normalized spacial score (nSPS) is 10.6. The zero-order valence-electron chi connectivity index (χ0n) is 13.7. The monoisotopic (exact) mass is 302 g/mol. The molecule has 2 N–H and O–H groups in total. The van der Waals surface area contributed by atoms with E-state index < -0.39 is 0 Å². The van der Waals surface area contributed by atoms with Gasteiger partial charge >= 0.3 is 0 Å². The van der Waals surface area contributed by atoms with Gasteiger partial charge in [0.2, 0.25) is 0 Å². The van der Waals surface area contributed by atoms with E-state index in [0.29, 0.717) is 23.4 Å². The Morgan fingerprint density at radius 1 is 1.32 bits per heavy atom. The molecule has 0 aliphatic rings. The van der Waals surface area contributed by atoms with Gasteiger partial charge in [-0.15, -0.1) is 0 Å². The van der Waals surface area contributed by atoms with Crippen LogP contribution in [0.4, 0.5) is 5.69 Å². The Balaban J connectivity index is 2.69. The quantitative estimate of drug-likeness (QED) is 0.911. The van der Waals surface area contributed by atoms with Gasteiger partial charge in [0.15, 0.2) is 0 Å². The van der Waals surface area contributed by atoms with Crippen LogP contribution in [0, 0.1) is 6.92 Å². The van der Waals surface area contributed by atoms with Crippen molar-refractivity contribution in [2.75, 3.05) is 26.1 Å². The number of benzene rings is 1. The van der Waals surface area contributed by atoms with Gasteiger partial charge in [-0.1, -0.05) is 13.0 Å². The molecule has 1 aromatic carbocycles. The van der Waals surface area contributed by atoms with E-state index in [2.05, 4.69) is 4.98 Å². The van der Waals surface area contributed by atoms with Gasteiger partial charge in [-0.3, -0.25) is 4.79 Å². The Kier molecular flexibility index (Phi) is 4.45. The molecule has 0 saturated heterocycles. The molecular formula is C17H22N2O3. The maximum absolute atomic E-state index is 12.0. The molecule has 22 heavy (non-hydrogen) atoms. The SMILES string of the molecule is CCc1c(-c2ccc(N(C)C)c(OC)c2)[nH]c(=O)c(C)c1O. The number of aromatic nitrogens is 1. The van der Waals surface area contributed by atoms with Gasteiger partial charge in [0, 0.05) is 25.2 Å². The summed E-state index contributed by atoms with van der Waals surface area (Å²) in [4.78, 5) is 16.8. The fourth-order valence-electron chi connectivity index (χ4n) is 2.53. The molecule has 0 radical (unpaired) electrons. The lowest BCUT2D eigenvalue weighted by Crippen LogP contribution is -2.13. The zero-order chi connectivity index (χ0) is 16.4. The van der Waals surface area contributed by atoms with E-state index in [9.17, 15) is 9.90 Å². The van der Waals surface area contributed by atoms with Gasteiger partial charge in [-0.2, -0.15) is 0 Å². The van der Waals surface area contributed by atoms with E-state index in [4.69, 9.17) is 4.74 Å². The van der Waals surface area contributed by atoms with Crippen molar-refractivity contribution in [1.29, 1.82) is 0 Å². The van der Waals surface area contributed by atoms with Crippen LogP contribution in [-0.4, -0.2) is 31.3 Å². The van der Waals surface area contributed by atoms with Crippen LogP contribution in [0.25, 0.3) is 11.3 Å². The predicted molar refractivity (Wildman–Crippen MR) is 89.2 cm³/mol. The summed E-state index contributed by atoms with van der Waals surface area (Å²) in [6.45, 7) is 3.56. The molecule has 0 atom stereocenters. The third-order valence-electron chi connectivity index (χ3n) is 3.83. The number of anilines is 1. The van der Waals surface area contributed by atoms with Crippen molar-refractivity contribution >= 4 is 5.69 Å². The number of pyridine rings is 1. The average Bonchev–Trinajstić information content (AvgIpc) is 2.51. The minimum atomic E-state index is -0.277. The Hall–Kier alpha value is -2.43. The van der Waals surface area contributed by atoms with Crippen molar-refractivity contribution < 1.29 is 9.84 Å². The molecule has 1 heterocycles. The third kappa shape index (κ3) is 2.66. The summed E-state index contributed by atoms with van der Waals surface area (Å²) < 4.78 is 5.43. The molecule has 1 aromatic heterocycles. The van der Waals surface area contributed by atoms with Crippen molar-refractivity contribution in [3.05, 3.63) is 39.7 Å². The summed E-state index contributed by atoms with van der Waals surface area (Å²) in [5.74, 6) is 0.780. The second-order valence-corrected chi connectivity index (χ2v) is 5.42. The number of aromatic amines is 1. The van der Waals surface area contributed by atoms with E-state index in [1.54, 1.807) is 14.0 Å². The molecule has 0 aliphatic carbocycles. The van der Waals surface area contributed by atoms with Crippen molar-refractivity contribution in [3.8, 4) is 22.8 Å². The second-order valence-electron chi connectivity index (χ2n) is 5.42. The van der Waals surface area contributed by atoms with Crippen LogP contribution in [0.2, 0.25) is 0 Å². The Morgan fingerprint density at radius 3 is 2.55 bits per heavy atom. The number of aromatic hydroxyl groups is 1. The molecule has 0 unspecified atom stereocenters. The smallest absolute Gasteiger partial charge is 0.255 e. The molecule has 5 heteroatoms. The number of methoxy groups -OCH3 is 1. The minimum absolute atomic E-state index is 0.0666. The van der Waals surface area contributed by atoms with Gasteiger partial charge in [0.05, 0.1) is 24.1 Å². The molecule has 0 spiro atoms. The molecule has 0 bridgehead atoms. The van der Waals surface area contributed by atoms with Crippen molar-refractivity contribution in [2.24, 2.45) is 0 Å².